The molecule has 1 aromatic carbocycles. The summed E-state index contributed by atoms with van der Waals surface area (Å²) in [5.41, 5.74) is 0.518. The third-order valence-electron chi connectivity index (χ3n) is 8.17. The number of rotatable bonds is 12. The van der Waals surface area contributed by atoms with Crippen molar-refractivity contribution >= 4 is 24.3 Å². The van der Waals surface area contributed by atoms with E-state index in [-0.39, 0.29) is 11.9 Å². The van der Waals surface area contributed by atoms with E-state index in [1.54, 1.807) is 7.11 Å². The number of hydrogen-bond donors (Lipinski definition) is 0. The third-order valence-corrected chi connectivity index (χ3v) is 25.5. The topological polar surface area (TPSA) is 44.8 Å². The zero-order chi connectivity index (χ0) is 23.1. The first kappa shape index (κ1) is 26.0. The first-order valence-corrected chi connectivity index (χ1v) is 20.5. The summed E-state index contributed by atoms with van der Waals surface area (Å²) in [6.45, 7) is 8.12. The van der Waals surface area contributed by atoms with Crippen LogP contribution in [-0.2, 0) is 19.0 Å². The van der Waals surface area contributed by atoms with E-state index in [0.29, 0.717) is 19.6 Å². The molecule has 3 rings (SSSR count). The van der Waals surface area contributed by atoms with Gasteiger partial charge in [0, 0.05) is 0 Å². The molecule has 0 bridgehead atoms. The predicted octanol–water partition coefficient (Wildman–Crippen LogP) is 6.85. The summed E-state index contributed by atoms with van der Waals surface area (Å²) in [5, 5.41) is 0. The molecule has 0 spiro atoms. The van der Waals surface area contributed by atoms with Crippen LogP contribution in [0.1, 0.15) is 83.6 Å². The van der Waals surface area contributed by atoms with Gasteiger partial charge in [0.05, 0.1) is 0 Å². The van der Waals surface area contributed by atoms with Gasteiger partial charge in [-0.15, -0.1) is 0 Å². The van der Waals surface area contributed by atoms with Crippen LogP contribution in [0.4, 0.5) is 0 Å². The van der Waals surface area contributed by atoms with Crippen molar-refractivity contribution in [3.63, 3.8) is 0 Å². The molecule has 0 radical (unpaired) electrons. The third kappa shape index (κ3) is 4.40. The Hall–Kier alpha value is -0.591. The van der Waals surface area contributed by atoms with E-state index in [4.69, 9.17) is 14.2 Å². The average molecular weight is 551 g/mol. The molecule has 2 heterocycles. The van der Waals surface area contributed by atoms with E-state index in [1.165, 1.54) is 57.4 Å². The van der Waals surface area contributed by atoms with Crippen LogP contribution in [0.25, 0.3) is 0 Å². The Labute approximate surface area is 199 Å². The molecule has 4 nitrogen and oxygen atoms in total. The Morgan fingerprint density at radius 3 is 2.06 bits per heavy atom. The second-order valence-corrected chi connectivity index (χ2v) is 23.3. The minimum absolute atomic E-state index is 0.0911. The van der Waals surface area contributed by atoms with Gasteiger partial charge in [0.25, 0.3) is 0 Å². The zero-order valence-corrected chi connectivity index (χ0v) is 23.6. The Morgan fingerprint density at radius 1 is 0.969 bits per heavy atom. The molecular formula is C27H44O4Sn. The number of carbonyl (C=O) groups excluding carboxylic acids is 1. The number of benzene rings is 1. The van der Waals surface area contributed by atoms with Crippen LogP contribution in [0.2, 0.25) is 13.3 Å². The number of ether oxygens (including phenoxy) is 3. The van der Waals surface area contributed by atoms with Crippen LogP contribution >= 0.6 is 0 Å². The fourth-order valence-electron chi connectivity index (χ4n) is 6.68. The van der Waals surface area contributed by atoms with Gasteiger partial charge in [-0.25, -0.2) is 0 Å². The number of unbranched alkanes of at least 4 members (excludes halogenated alkanes) is 3. The van der Waals surface area contributed by atoms with Crippen molar-refractivity contribution in [2.45, 2.75) is 95.2 Å². The molecule has 180 valence electrons. The van der Waals surface area contributed by atoms with Crippen LogP contribution < -0.4 is 0 Å². The van der Waals surface area contributed by atoms with Gasteiger partial charge in [-0.3, -0.25) is 0 Å². The fraction of sp³-hybridized carbons (Fsp3) is 0.741. The van der Waals surface area contributed by atoms with E-state index in [9.17, 15) is 4.79 Å². The predicted molar refractivity (Wildman–Crippen MR) is 132 cm³/mol. The van der Waals surface area contributed by atoms with E-state index in [2.05, 4.69) is 51.1 Å². The molecule has 0 amide bonds. The molecular weight excluding hydrogens is 507 g/mol. The van der Waals surface area contributed by atoms with Gasteiger partial charge >= 0.3 is 200 Å². The van der Waals surface area contributed by atoms with Gasteiger partial charge in [-0.1, -0.05) is 0 Å². The molecule has 3 atom stereocenters. The van der Waals surface area contributed by atoms with Gasteiger partial charge in [-0.05, 0) is 0 Å². The van der Waals surface area contributed by atoms with Gasteiger partial charge in [0.15, 0.2) is 0 Å². The van der Waals surface area contributed by atoms with E-state index in [0.717, 1.165) is 6.42 Å². The number of esters is 1. The quantitative estimate of drug-likeness (QED) is 0.211. The zero-order valence-electron chi connectivity index (χ0n) is 20.8. The van der Waals surface area contributed by atoms with Crippen molar-refractivity contribution in [1.29, 1.82) is 0 Å². The molecule has 32 heavy (non-hydrogen) atoms. The summed E-state index contributed by atoms with van der Waals surface area (Å²) in [7, 11) is 1.55. The molecule has 2 saturated heterocycles. The monoisotopic (exact) mass is 552 g/mol. The number of fused-ring (bicyclic) bond motifs is 1. The summed E-state index contributed by atoms with van der Waals surface area (Å²) in [4.78, 5) is 13.9. The van der Waals surface area contributed by atoms with Crippen molar-refractivity contribution < 1.29 is 19.0 Å². The summed E-state index contributed by atoms with van der Waals surface area (Å²) in [5.74, 6) is -0.0116. The maximum atomic E-state index is 13.9. The first-order valence-electron chi connectivity index (χ1n) is 13.0. The van der Waals surface area contributed by atoms with Gasteiger partial charge in [0.1, 0.15) is 0 Å². The molecule has 1 aromatic rings. The summed E-state index contributed by atoms with van der Waals surface area (Å²) < 4.78 is 22.4. The second-order valence-electron chi connectivity index (χ2n) is 9.87. The molecule has 0 saturated carbocycles. The van der Waals surface area contributed by atoms with Crippen molar-refractivity contribution in [1.82, 2.24) is 0 Å². The summed E-state index contributed by atoms with van der Waals surface area (Å²) in [6, 6.07) is 10.6. The Kier molecular flexibility index (Phi) is 9.52. The number of hydrogen-bond acceptors (Lipinski definition) is 4. The summed E-state index contributed by atoms with van der Waals surface area (Å²) in [6.07, 6.45) is 8.74. The maximum absolute atomic E-state index is 13.9. The van der Waals surface area contributed by atoms with Gasteiger partial charge in [0.2, 0.25) is 0 Å². The van der Waals surface area contributed by atoms with Crippen molar-refractivity contribution in [3.05, 3.63) is 35.9 Å². The van der Waals surface area contributed by atoms with E-state index < -0.39 is 27.6 Å². The van der Waals surface area contributed by atoms with E-state index in [1.807, 2.05) is 0 Å². The van der Waals surface area contributed by atoms with Crippen molar-refractivity contribution in [2.75, 3.05) is 20.3 Å². The fourth-order valence-corrected chi connectivity index (χ4v) is 26.6. The van der Waals surface area contributed by atoms with Crippen LogP contribution in [0.15, 0.2) is 30.3 Å². The molecule has 0 unspecified atom stereocenters. The molecule has 2 aliphatic heterocycles. The van der Waals surface area contributed by atoms with Gasteiger partial charge < -0.3 is 0 Å². The normalized spacial score (nSPS) is 27.8. The SMILES string of the molecule is CCC[CH2][Sn]([CH2]CCC)([CH2]CCC)[C@]12OCC[C@H](c3ccccc3)[C@@]1(C(=O)OC)CCO2. The number of carbonyl (C=O) groups is 1. The molecule has 0 aromatic heterocycles. The molecule has 0 N–H and O–H groups in total. The molecule has 5 heteroatoms. The van der Waals surface area contributed by atoms with Crippen LogP contribution in [0.3, 0.4) is 0 Å². The van der Waals surface area contributed by atoms with Crippen LogP contribution in [0.5, 0.6) is 0 Å². The first-order chi connectivity index (χ1) is 15.6. The molecule has 2 aliphatic rings. The van der Waals surface area contributed by atoms with Crippen molar-refractivity contribution in [3.8, 4) is 0 Å². The van der Waals surface area contributed by atoms with Crippen LogP contribution in [-0.4, -0.2) is 48.5 Å². The molecule has 2 fully saturated rings. The Morgan fingerprint density at radius 2 is 1.53 bits per heavy atom. The Bertz CT molecular complexity index is 702. The van der Waals surface area contributed by atoms with Gasteiger partial charge in [-0.2, -0.15) is 0 Å². The standard InChI is InChI=1S/C15H17O4.3C4H9.Sn/c1-17-13(16)15-8-10-19-14(15)18-9-7-12(15)11-5-3-2-4-6-11;3*1-3-4-2;/h2-6,12H,7-10H2,1H3;3*1,3-4H2,2H3;/t12-,15-;;;;/m1..../s1. The van der Waals surface area contributed by atoms with E-state index >= 15 is 0 Å². The van der Waals surface area contributed by atoms with Crippen LogP contribution in [0, 0.1) is 5.41 Å². The minimum atomic E-state index is -3.20. The molecule has 0 aliphatic carbocycles. The number of methoxy groups -OCH3 is 1. The summed E-state index contributed by atoms with van der Waals surface area (Å²) >= 11 is -3.20. The average Bonchev–Trinajstić information content (AvgIpc) is 3.26. The Balaban J connectivity index is 2.22. The second kappa shape index (κ2) is 11.7. The van der Waals surface area contributed by atoms with Crippen molar-refractivity contribution in [2.24, 2.45) is 5.41 Å².